The lowest BCUT2D eigenvalue weighted by atomic mass is 9.89. The lowest BCUT2D eigenvalue weighted by Crippen LogP contribution is -2.47. The van der Waals surface area contributed by atoms with Crippen LogP contribution < -0.4 is 10.6 Å². The molecule has 1 aromatic carbocycles. The van der Waals surface area contributed by atoms with Crippen molar-refractivity contribution in [3.63, 3.8) is 0 Å². The van der Waals surface area contributed by atoms with Gasteiger partial charge in [0.15, 0.2) is 5.11 Å². The van der Waals surface area contributed by atoms with Crippen molar-refractivity contribution < 1.29 is 14.3 Å². The van der Waals surface area contributed by atoms with Crippen molar-refractivity contribution in [1.82, 2.24) is 10.6 Å². The Morgan fingerprint density at radius 1 is 1.32 bits per heavy atom. The second kappa shape index (κ2) is 8.17. The minimum atomic E-state index is -0.915. The standard InChI is InChI=1S/C17H18Cl2N2O3S/c1-4-24-16(23)15(22)12-13(8(2)3)20-17(25)21-14(12)10-6-5-9(18)7-11(10)19/h5-8,14H,4H2,1-3H3,(H2,20,21,25)/t14-/m0/s1. The highest BCUT2D eigenvalue weighted by Crippen LogP contribution is 2.35. The van der Waals surface area contributed by atoms with Crippen LogP contribution in [-0.2, 0) is 14.3 Å². The maximum atomic E-state index is 12.7. The van der Waals surface area contributed by atoms with Crippen LogP contribution in [0.1, 0.15) is 32.4 Å². The molecule has 2 rings (SSSR count). The molecule has 5 nitrogen and oxygen atoms in total. The van der Waals surface area contributed by atoms with Gasteiger partial charge in [-0.2, -0.15) is 0 Å². The molecule has 0 aliphatic carbocycles. The van der Waals surface area contributed by atoms with Crippen LogP contribution in [0.4, 0.5) is 0 Å². The number of carbonyl (C=O) groups excluding carboxylic acids is 2. The van der Waals surface area contributed by atoms with E-state index in [4.69, 9.17) is 40.2 Å². The quantitative estimate of drug-likeness (QED) is 0.447. The molecular weight excluding hydrogens is 383 g/mol. The van der Waals surface area contributed by atoms with E-state index in [1.165, 1.54) is 0 Å². The van der Waals surface area contributed by atoms with Gasteiger partial charge in [-0.1, -0.05) is 43.1 Å². The normalized spacial score (nSPS) is 17.2. The molecule has 0 radical (unpaired) electrons. The molecule has 134 valence electrons. The number of allylic oxidation sites excluding steroid dienone is 1. The molecule has 0 saturated heterocycles. The van der Waals surface area contributed by atoms with Crippen molar-refractivity contribution >= 4 is 52.3 Å². The first-order valence-electron chi connectivity index (χ1n) is 7.74. The van der Waals surface area contributed by atoms with Crippen LogP contribution in [0.2, 0.25) is 10.0 Å². The monoisotopic (exact) mass is 400 g/mol. The van der Waals surface area contributed by atoms with Gasteiger partial charge in [-0.05, 0) is 42.8 Å². The average molecular weight is 401 g/mol. The number of benzene rings is 1. The van der Waals surface area contributed by atoms with Gasteiger partial charge in [0.2, 0.25) is 0 Å². The van der Waals surface area contributed by atoms with E-state index in [1.807, 2.05) is 13.8 Å². The van der Waals surface area contributed by atoms with Crippen LogP contribution in [0.25, 0.3) is 0 Å². The summed E-state index contributed by atoms with van der Waals surface area (Å²) in [7, 11) is 0. The Morgan fingerprint density at radius 2 is 2.00 bits per heavy atom. The first-order valence-corrected chi connectivity index (χ1v) is 8.90. The first-order chi connectivity index (χ1) is 11.8. The van der Waals surface area contributed by atoms with E-state index in [1.54, 1.807) is 25.1 Å². The van der Waals surface area contributed by atoms with E-state index in [0.29, 0.717) is 26.4 Å². The van der Waals surface area contributed by atoms with Crippen molar-refractivity contribution in [3.8, 4) is 0 Å². The van der Waals surface area contributed by atoms with E-state index in [9.17, 15) is 9.59 Å². The Bertz CT molecular complexity index is 762. The van der Waals surface area contributed by atoms with E-state index in [0.717, 1.165) is 0 Å². The van der Waals surface area contributed by atoms with Crippen LogP contribution in [0.5, 0.6) is 0 Å². The lowest BCUT2D eigenvalue weighted by Gasteiger charge is -2.33. The largest absolute Gasteiger partial charge is 0.460 e. The van der Waals surface area contributed by atoms with Gasteiger partial charge in [-0.3, -0.25) is 4.79 Å². The van der Waals surface area contributed by atoms with E-state index < -0.39 is 17.8 Å². The highest BCUT2D eigenvalue weighted by Gasteiger charge is 2.36. The maximum absolute atomic E-state index is 12.7. The first kappa shape index (κ1) is 19.7. The Morgan fingerprint density at radius 3 is 2.56 bits per heavy atom. The number of esters is 1. The fourth-order valence-corrected chi connectivity index (χ4v) is 3.31. The topological polar surface area (TPSA) is 67.4 Å². The summed E-state index contributed by atoms with van der Waals surface area (Å²) in [6, 6.07) is 4.27. The molecule has 25 heavy (non-hydrogen) atoms. The fourth-order valence-electron chi connectivity index (χ4n) is 2.57. The summed E-state index contributed by atoms with van der Waals surface area (Å²) in [5.41, 5.74) is 1.41. The molecule has 1 aliphatic heterocycles. The van der Waals surface area contributed by atoms with Crippen LogP contribution in [-0.4, -0.2) is 23.5 Å². The van der Waals surface area contributed by atoms with E-state index in [2.05, 4.69) is 10.6 Å². The molecule has 0 spiro atoms. The van der Waals surface area contributed by atoms with Crippen LogP contribution in [0.15, 0.2) is 29.5 Å². The molecule has 8 heteroatoms. The molecule has 1 atom stereocenters. The fraction of sp³-hybridized carbons (Fsp3) is 0.353. The van der Waals surface area contributed by atoms with Gasteiger partial charge < -0.3 is 15.4 Å². The zero-order valence-electron chi connectivity index (χ0n) is 14.0. The molecule has 0 fully saturated rings. The number of rotatable bonds is 5. The second-order valence-corrected chi connectivity index (χ2v) is 6.98. The van der Waals surface area contributed by atoms with E-state index in [-0.39, 0.29) is 18.1 Å². The van der Waals surface area contributed by atoms with Crippen molar-refractivity contribution in [2.75, 3.05) is 6.61 Å². The predicted molar refractivity (Wildman–Crippen MR) is 102 cm³/mol. The molecular formula is C17H18Cl2N2O3S. The predicted octanol–water partition coefficient (Wildman–Crippen LogP) is 3.55. The summed E-state index contributed by atoms with van der Waals surface area (Å²) < 4.78 is 4.88. The summed E-state index contributed by atoms with van der Waals surface area (Å²) in [6.45, 7) is 5.55. The third-order valence-corrected chi connectivity index (χ3v) is 4.44. The highest BCUT2D eigenvalue weighted by atomic mass is 35.5. The summed E-state index contributed by atoms with van der Waals surface area (Å²) in [5, 5.41) is 7.17. The molecule has 1 aliphatic rings. The lowest BCUT2D eigenvalue weighted by molar-refractivity contribution is -0.152. The smallest absolute Gasteiger partial charge is 0.379 e. The molecule has 1 aromatic rings. The van der Waals surface area contributed by atoms with Crippen LogP contribution in [0.3, 0.4) is 0 Å². The summed E-state index contributed by atoms with van der Waals surface area (Å²) in [6.07, 6.45) is 0. The number of thiocarbonyl (C=S) groups is 1. The van der Waals surface area contributed by atoms with Crippen LogP contribution >= 0.6 is 35.4 Å². The third-order valence-electron chi connectivity index (χ3n) is 3.66. The molecule has 1 heterocycles. The maximum Gasteiger partial charge on any atom is 0.379 e. The number of ether oxygens (including phenoxy) is 1. The molecule has 0 aromatic heterocycles. The Labute approximate surface area is 161 Å². The minimum Gasteiger partial charge on any atom is -0.460 e. The van der Waals surface area contributed by atoms with Gasteiger partial charge in [0, 0.05) is 15.7 Å². The number of hydrogen-bond acceptors (Lipinski definition) is 4. The molecule has 0 unspecified atom stereocenters. The summed E-state index contributed by atoms with van der Waals surface area (Å²) >= 11 is 17.5. The van der Waals surface area contributed by atoms with E-state index >= 15 is 0 Å². The van der Waals surface area contributed by atoms with Gasteiger partial charge in [-0.15, -0.1) is 0 Å². The summed E-state index contributed by atoms with van der Waals surface area (Å²) in [4.78, 5) is 24.8. The zero-order chi connectivity index (χ0) is 18.7. The number of halogens is 2. The van der Waals surface area contributed by atoms with Crippen molar-refractivity contribution in [3.05, 3.63) is 45.1 Å². The Balaban J connectivity index is 2.61. The van der Waals surface area contributed by atoms with Gasteiger partial charge >= 0.3 is 5.97 Å². The number of Topliss-reactive ketones (excluding diaryl/α,β-unsaturated/α-hetero) is 1. The number of ketones is 1. The SMILES string of the molecule is CCOC(=O)C(=O)C1=C(C(C)C)NC(=S)N[C@H]1c1ccc(Cl)cc1Cl. The Kier molecular flexibility index (Phi) is 6.43. The van der Waals surface area contributed by atoms with Gasteiger partial charge in [-0.25, -0.2) is 4.79 Å². The van der Waals surface area contributed by atoms with Crippen molar-refractivity contribution in [1.29, 1.82) is 0 Å². The number of hydrogen-bond donors (Lipinski definition) is 2. The minimum absolute atomic E-state index is 0.0676. The molecule has 0 saturated carbocycles. The molecule has 0 bridgehead atoms. The van der Waals surface area contributed by atoms with Crippen LogP contribution in [0, 0.1) is 5.92 Å². The van der Waals surface area contributed by atoms with Crippen molar-refractivity contribution in [2.45, 2.75) is 26.8 Å². The average Bonchev–Trinajstić information content (AvgIpc) is 2.53. The Hall–Kier alpha value is -1.63. The number of nitrogens with one attached hydrogen (secondary N) is 2. The van der Waals surface area contributed by atoms with Gasteiger partial charge in [0.05, 0.1) is 18.2 Å². The molecule has 2 N–H and O–H groups in total. The second-order valence-electron chi connectivity index (χ2n) is 5.73. The number of carbonyl (C=O) groups is 2. The third kappa shape index (κ3) is 4.32. The van der Waals surface area contributed by atoms with Crippen molar-refractivity contribution in [2.24, 2.45) is 5.92 Å². The highest BCUT2D eigenvalue weighted by molar-refractivity contribution is 7.80. The molecule has 0 amide bonds. The zero-order valence-corrected chi connectivity index (χ0v) is 16.3. The van der Waals surface area contributed by atoms with Gasteiger partial charge in [0.25, 0.3) is 5.78 Å². The summed E-state index contributed by atoms with van der Waals surface area (Å²) in [5.74, 6) is -1.71. The van der Waals surface area contributed by atoms with Gasteiger partial charge in [0.1, 0.15) is 0 Å².